The van der Waals surface area contributed by atoms with Crippen LogP contribution in [0.3, 0.4) is 0 Å². The Labute approximate surface area is 197 Å². The summed E-state index contributed by atoms with van der Waals surface area (Å²) in [5.74, 6) is -0.705. The van der Waals surface area contributed by atoms with Gasteiger partial charge in [-0.3, -0.25) is 19.7 Å². The molecular weight excluding hydrogens is 442 g/mol. The third kappa shape index (κ3) is 6.88. The number of carbonyl (C=O) groups excluding carboxylic acids is 3. The Morgan fingerprint density at radius 1 is 1.18 bits per heavy atom. The van der Waals surface area contributed by atoms with E-state index in [1.807, 2.05) is 48.5 Å². The molecule has 172 valence electrons. The van der Waals surface area contributed by atoms with Crippen LogP contribution in [0.15, 0.2) is 60.7 Å². The standard InChI is InChI=1S/C24H25N3O5S/c1-31-20-10-6-5-9-18(20)11-12-21(28)26-24(33)27-14-13-25-23(30)19(27)15-22(29)32-16-17-7-3-2-4-8-17/h2-12,19H,13-16H2,1H3,(H,25,30)(H,26,28,33). The van der Waals surface area contributed by atoms with E-state index >= 15 is 0 Å². The van der Waals surface area contributed by atoms with Gasteiger partial charge >= 0.3 is 5.97 Å². The summed E-state index contributed by atoms with van der Waals surface area (Å²) in [5.41, 5.74) is 1.58. The zero-order valence-electron chi connectivity index (χ0n) is 18.2. The Morgan fingerprint density at radius 3 is 2.67 bits per heavy atom. The van der Waals surface area contributed by atoms with Crippen LogP contribution in [0.4, 0.5) is 0 Å². The molecule has 2 N–H and O–H groups in total. The first-order valence-electron chi connectivity index (χ1n) is 10.4. The second-order valence-corrected chi connectivity index (χ2v) is 7.61. The number of methoxy groups -OCH3 is 1. The van der Waals surface area contributed by atoms with Gasteiger partial charge in [0.2, 0.25) is 11.8 Å². The maximum Gasteiger partial charge on any atom is 0.308 e. The van der Waals surface area contributed by atoms with E-state index in [0.29, 0.717) is 18.8 Å². The van der Waals surface area contributed by atoms with Crippen LogP contribution in [0.25, 0.3) is 6.08 Å². The number of carbonyl (C=O) groups is 3. The molecule has 0 aliphatic carbocycles. The number of hydrogen-bond donors (Lipinski definition) is 2. The molecule has 8 nitrogen and oxygen atoms in total. The minimum atomic E-state index is -0.868. The van der Waals surface area contributed by atoms with Crippen LogP contribution in [0, 0.1) is 0 Å². The van der Waals surface area contributed by atoms with Gasteiger partial charge in [-0.05, 0) is 29.9 Å². The minimum absolute atomic E-state index is 0.0698. The van der Waals surface area contributed by atoms with Crippen molar-refractivity contribution >= 4 is 41.2 Å². The fourth-order valence-electron chi connectivity index (χ4n) is 3.30. The Bertz CT molecular complexity index is 1040. The van der Waals surface area contributed by atoms with Gasteiger partial charge < -0.3 is 19.7 Å². The number of piperazine rings is 1. The summed E-state index contributed by atoms with van der Waals surface area (Å²) < 4.78 is 10.6. The molecule has 33 heavy (non-hydrogen) atoms. The fourth-order valence-corrected chi connectivity index (χ4v) is 3.62. The molecule has 0 saturated carbocycles. The third-order valence-corrected chi connectivity index (χ3v) is 5.31. The average molecular weight is 468 g/mol. The molecule has 2 aromatic rings. The Balaban J connectivity index is 1.58. The van der Waals surface area contributed by atoms with Gasteiger partial charge in [0.25, 0.3) is 0 Å². The number of rotatable bonds is 7. The molecule has 1 aliphatic rings. The largest absolute Gasteiger partial charge is 0.496 e. The second kappa shape index (κ2) is 11.8. The molecule has 1 atom stereocenters. The summed E-state index contributed by atoms with van der Waals surface area (Å²) in [6.07, 6.45) is 2.75. The molecule has 1 unspecified atom stereocenters. The number of nitrogens with zero attached hydrogens (tertiary/aromatic N) is 1. The SMILES string of the molecule is COc1ccccc1C=CC(=O)NC(=S)N1CCNC(=O)C1CC(=O)OCc1ccccc1. The quantitative estimate of drug-likeness (QED) is 0.365. The van der Waals surface area contributed by atoms with Crippen LogP contribution in [0.5, 0.6) is 5.75 Å². The molecule has 0 spiro atoms. The highest BCUT2D eigenvalue weighted by Crippen LogP contribution is 2.18. The van der Waals surface area contributed by atoms with Crippen molar-refractivity contribution < 1.29 is 23.9 Å². The van der Waals surface area contributed by atoms with E-state index in [9.17, 15) is 14.4 Å². The molecule has 0 aromatic heterocycles. The number of ether oxygens (including phenoxy) is 2. The van der Waals surface area contributed by atoms with Gasteiger partial charge in [0.15, 0.2) is 5.11 Å². The van der Waals surface area contributed by atoms with Crippen LogP contribution in [-0.2, 0) is 25.7 Å². The number of hydrogen-bond acceptors (Lipinski definition) is 6. The van der Waals surface area contributed by atoms with Crippen molar-refractivity contribution in [3.05, 3.63) is 71.8 Å². The van der Waals surface area contributed by atoms with Crippen molar-refractivity contribution in [2.24, 2.45) is 0 Å². The van der Waals surface area contributed by atoms with Crippen LogP contribution < -0.4 is 15.4 Å². The van der Waals surface area contributed by atoms with Crippen molar-refractivity contribution in [1.82, 2.24) is 15.5 Å². The summed E-state index contributed by atoms with van der Waals surface area (Å²) in [5, 5.41) is 5.39. The molecule has 1 saturated heterocycles. The van der Waals surface area contributed by atoms with Crippen molar-refractivity contribution in [3.63, 3.8) is 0 Å². The molecule has 1 aliphatic heterocycles. The fraction of sp³-hybridized carbons (Fsp3) is 0.250. The second-order valence-electron chi connectivity index (χ2n) is 7.22. The van der Waals surface area contributed by atoms with Gasteiger partial charge in [-0.2, -0.15) is 0 Å². The van der Waals surface area contributed by atoms with E-state index in [1.165, 1.54) is 11.0 Å². The van der Waals surface area contributed by atoms with Crippen molar-refractivity contribution in [2.75, 3.05) is 20.2 Å². The lowest BCUT2D eigenvalue weighted by atomic mass is 10.1. The summed E-state index contributed by atoms with van der Waals surface area (Å²) >= 11 is 5.36. The maximum absolute atomic E-state index is 12.4. The molecule has 3 rings (SSSR count). The molecule has 0 bridgehead atoms. The zero-order chi connectivity index (χ0) is 23.6. The topological polar surface area (TPSA) is 97.0 Å². The smallest absolute Gasteiger partial charge is 0.308 e. The Hall–Kier alpha value is -3.72. The van der Waals surface area contributed by atoms with Gasteiger partial charge in [0.1, 0.15) is 18.4 Å². The molecule has 9 heteroatoms. The van der Waals surface area contributed by atoms with Gasteiger partial charge in [-0.25, -0.2) is 0 Å². The Morgan fingerprint density at radius 2 is 1.91 bits per heavy atom. The highest BCUT2D eigenvalue weighted by Gasteiger charge is 2.34. The predicted molar refractivity (Wildman–Crippen MR) is 127 cm³/mol. The van der Waals surface area contributed by atoms with E-state index in [0.717, 1.165) is 11.1 Å². The normalized spacial score (nSPS) is 15.6. The minimum Gasteiger partial charge on any atom is -0.496 e. The number of thiocarbonyl (C=S) groups is 1. The van der Waals surface area contributed by atoms with Crippen LogP contribution in [0.2, 0.25) is 0 Å². The zero-order valence-corrected chi connectivity index (χ0v) is 19.0. The first-order chi connectivity index (χ1) is 16.0. The number of esters is 1. The lowest BCUT2D eigenvalue weighted by molar-refractivity contribution is -0.148. The first kappa shape index (κ1) is 23.9. The van der Waals surface area contributed by atoms with Crippen LogP contribution in [0.1, 0.15) is 17.5 Å². The van der Waals surface area contributed by atoms with Crippen molar-refractivity contribution in [2.45, 2.75) is 19.1 Å². The lowest BCUT2D eigenvalue weighted by Gasteiger charge is -2.36. The Kier molecular flexibility index (Phi) is 8.54. The van der Waals surface area contributed by atoms with Gasteiger partial charge in [0.05, 0.1) is 13.5 Å². The summed E-state index contributed by atoms with van der Waals surface area (Å²) in [7, 11) is 1.55. The summed E-state index contributed by atoms with van der Waals surface area (Å²) in [4.78, 5) is 38.7. The third-order valence-electron chi connectivity index (χ3n) is 4.98. The monoisotopic (exact) mass is 467 g/mol. The lowest BCUT2D eigenvalue weighted by Crippen LogP contribution is -2.60. The van der Waals surface area contributed by atoms with E-state index in [1.54, 1.807) is 19.3 Å². The predicted octanol–water partition coefficient (Wildman–Crippen LogP) is 2.04. The van der Waals surface area contributed by atoms with Crippen molar-refractivity contribution in [3.8, 4) is 5.75 Å². The van der Waals surface area contributed by atoms with Gasteiger partial charge in [-0.1, -0.05) is 48.5 Å². The van der Waals surface area contributed by atoms with Crippen LogP contribution >= 0.6 is 12.2 Å². The van der Waals surface area contributed by atoms with E-state index in [-0.39, 0.29) is 24.0 Å². The van der Waals surface area contributed by atoms with Crippen LogP contribution in [-0.4, -0.2) is 54.0 Å². The average Bonchev–Trinajstić information content (AvgIpc) is 2.83. The molecule has 1 fully saturated rings. The molecule has 1 heterocycles. The van der Waals surface area contributed by atoms with E-state index in [4.69, 9.17) is 21.7 Å². The highest BCUT2D eigenvalue weighted by molar-refractivity contribution is 7.80. The van der Waals surface area contributed by atoms with Gasteiger partial charge in [0, 0.05) is 24.7 Å². The highest BCUT2D eigenvalue weighted by atomic mass is 32.1. The molecule has 2 aromatic carbocycles. The molecule has 0 radical (unpaired) electrons. The number of para-hydroxylation sites is 1. The van der Waals surface area contributed by atoms with E-state index < -0.39 is 17.9 Å². The molecular formula is C24H25N3O5S. The summed E-state index contributed by atoms with van der Waals surface area (Å²) in [6, 6.07) is 15.7. The molecule has 2 amide bonds. The number of amides is 2. The number of benzene rings is 2. The maximum atomic E-state index is 12.4. The van der Waals surface area contributed by atoms with Crippen molar-refractivity contribution in [1.29, 1.82) is 0 Å². The van der Waals surface area contributed by atoms with E-state index in [2.05, 4.69) is 10.6 Å². The number of nitrogens with one attached hydrogen (secondary N) is 2. The first-order valence-corrected chi connectivity index (χ1v) is 10.8. The summed E-state index contributed by atoms with van der Waals surface area (Å²) in [6.45, 7) is 0.822. The van der Waals surface area contributed by atoms with Gasteiger partial charge in [-0.15, -0.1) is 0 Å².